The number of carbonyl (C=O) groups excluding carboxylic acids is 4. The summed E-state index contributed by atoms with van der Waals surface area (Å²) in [4.78, 5) is 61.5. The van der Waals surface area contributed by atoms with Crippen LogP contribution in [0.25, 0.3) is 10.9 Å². The molecule has 1 aromatic heterocycles. The Morgan fingerprint density at radius 3 is 2.52 bits per heavy atom. The standard InChI is InChI=1S/C37H48ClN5O5/c1-24(44)48-37(2,3)36(47)42-16-14-25(15-17-42)10-13-34(45)40-32(20-28-21-39-31-9-7-6-8-30(28)31)35(46)43-23-26(22-41(4)5)18-27-19-29(38)11-12-33(27)43/h6-9,11-12,19,21,25-26,32,39H,10,13-18,20,22-23H2,1-5H3,(H,40,45)/t26-,32+/m0/s1. The molecule has 48 heavy (non-hydrogen) atoms. The normalized spacial score (nSPS) is 17.7. The van der Waals surface area contributed by atoms with Crippen molar-refractivity contribution in [2.45, 2.75) is 70.9 Å². The Balaban J connectivity index is 1.28. The van der Waals surface area contributed by atoms with E-state index in [1.54, 1.807) is 18.7 Å². The van der Waals surface area contributed by atoms with E-state index in [0.29, 0.717) is 37.5 Å². The zero-order valence-electron chi connectivity index (χ0n) is 28.7. The lowest BCUT2D eigenvalue weighted by Crippen LogP contribution is -2.53. The van der Waals surface area contributed by atoms with Gasteiger partial charge in [0.05, 0.1) is 0 Å². The van der Waals surface area contributed by atoms with Gasteiger partial charge >= 0.3 is 5.97 Å². The van der Waals surface area contributed by atoms with Gasteiger partial charge in [-0.2, -0.15) is 0 Å². The van der Waals surface area contributed by atoms with Gasteiger partial charge in [0.25, 0.3) is 5.91 Å². The Morgan fingerprint density at radius 1 is 1.08 bits per heavy atom. The number of ether oxygens (including phenoxy) is 1. The Bertz CT molecular complexity index is 1640. The van der Waals surface area contributed by atoms with E-state index in [0.717, 1.165) is 53.5 Å². The molecule has 0 saturated carbocycles. The number of piperidine rings is 1. The second kappa shape index (κ2) is 15.1. The first kappa shape index (κ1) is 35.4. The molecule has 2 aliphatic heterocycles. The zero-order chi connectivity index (χ0) is 34.6. The number of aromatic amines is 1. The van der Waals surface area contributed by atoms with Gasteiger partial charge in [-0.3, -0.25) is 19.2 Å². The predicted molar refractivity (Wildman–Crippen MR) is 188 cm³/mol. The second-order valence-electron chi connectivity index (χ2n) is 14.1. The summed E-state index contributed by atoms with van der Waals surface area (Å²) in [6.45, 7) is 6.99. The number of esters is 1. The van der Waals surface area contributed by atoms with Crippen LogP contribution in [0.1, 0.15) is 57.6 Å². The number of nitrogens with one attached hydrogen (secondary N) is 2. The molecule has 0 aliphatic carbocycles. The second-order valence-corrected chi connectivity index (χ2v) is 14.6. The molecule has 10 nitrogen and oxygen atoms in total. The number of likely N-dealkylation sites (tertiary alicyclic amines) is 1. The van der Waals surface area contributed by atoms with Crippen LogP contribution >= 0.6 is 11.6 Å². The lowest BCUT2D eigenvalue weighted by Gasteiger charge is -2.38. The van der Waals surface area contributed by atoms with Crippen LogP contribution < -0.4 is 10.2 Å². The van der Waals surface area contributed by atoms with Gasteiger partial charge < -0.3 is 29.7 Å². The molecule has 2 N–H and O–H groups in total. The van der Waals surface area contributed by atoms with Crippen molar-refractivity contribution in [2.24, 2.45) is 11.8 Å². The Labute approximate surface area is 288 Å². The number of anilines is 1. The summed E-state index contributed by atoms with van der Waals surface area (Å²) in [6.07, 6.45) is 5.55. The minimum Gasteiger partial charge on any atom is -0.450 e. The van der Waals surface area contributed by atoms with Gasteiger partial charge in [0.2, 0.25) is 11.8 Å². The summed E-state index contributed by atoms with van der Waals surface area (Å²) in [7, 11) is 4.07. The number of halogens is 1. The molecule has 0 radical (unpaired) electrons. The van der Waals surface area contributed by atoms with Gasteiger partial charge in [-0.15, -0.1) is 0 Å². The fourth-order valence-corrected chi connectivity index (χ4v) is 7.47. The van der Waals surface area contributed by atoms with Gasteiger partial charge in [0.15, 0.2) is 5.60 Å². The summed E-state index contributed by atoms with van der Waals surface area (Å²) >= 11 is 6.39. The zero-order valence-corrected chi connectivity index (χ0v) is 29.4. The number of carbonyl (C=O) groups is 4. The maximum atomic E-state index is 14.5. The highest BCUT2D eigenvalue weighted by Crippen LogP contribution is 2.33. The quantitative estimate of drug-likeness (QED) is 0.277. The molecule has 0 bridgehead atoms. The molecule has 0 spiro atoms. The first-order chi connectivity index (χ1) is 22.8. The van der Waals surface area contributed by atoms with Crippen LogP contribution in [0, 0.1) is 11.8 Å². The van der Waals surface area contributed by atoms with Crippen LogP contribution in [-0.2, 0) is 36.8 Å². The fraction of sp³-hybridized carbons (Fsp3) is 0.514. The maximum Gasteiger partial charge on any atom is 0.303 e. The number of para-hydroxylation sites is 1. The lowest BCUT2D eigenvalue weighted by atomic mass is 9.90. The number of hydrogen-bond acceptors (Lipinski definition) is 6. The molecule has 258 valence electrons. The van der Waals surface area contributed by atoms with Crippen molar-refractivity contribution in [3.8, 4) is 0 Å². The number of hydrogen-bond donors (Lipinski definition) is 2. The van der Waals surface area contributed by atoms with Gasteiger partial charge in [-0.05, 0) is 101 Å². The Hall–Kier alpha value is -3.89. The SMILES string of the molecule is CC(=O)OC(C)(C)C(=O)N1CCC(CCC(=O)N[C@H](Cc2c[nH]c3ccccc23)C(=O)N2C[C@H](CN(C)C)Cc3cc(Cl)ccc32)CC1. The van der Waals surface area contributed by atoms with Crippen LogP contribution in [0.4, 0.5) is 5.69 Å². The minimum atomic E-state index is -1.21. The van der Waals surface area contributed by atoms with Crippen LogP contribution in [-0.4, -0.2) is 90.4 Å². The molecule has 11 heteroatoms. The average molecular weight is 678 g/mol. The average Bonchev–Trinajstić information content (AvgIpc) is 3.44. The van der Waals surface area contributed by atoms with Crippen LogP contribution in [0.3, 0.4) is 0 Å². The molecule has 1 saturated heterocycles. The Morgan fingerprint density at radius 2 is 1.81 bits per heavy atom. The summed E-state index contributed by atoms with van der Waals surface area (Å²) < 4.78 is 5.24. The minimum absolute atomic E-state index is 0.136. The molecule has 5 rings (SSSR count). The molecule has 2 aromatic carbocycles. The number of H-pyrrole nitrogens is 1. The van der Waals surface area contributed by atoms with E-state index in [4.69, 9.17) is 16.3 Å². The van der Waals surface area contributed by atoms with Gasteiger partial charge in [0.1, 0.15) is 6.04 Å². The van der Waals surface area contributed by atoms with Gasteiger partial charge in [0, 0.05) is 73.8 Å². The van der Waals surface area contributed by atoms with Gasteiger partial charge in [-0.1, -0.05) is 29.8 Å². The van der Waals surface area contributed by atoms with Gasteiger partial charge in [-0.25, -0.2) is 0 Å². The van der Waals surface area contributed by atoms with E-state index in [1.807, 2.05) is 67.7 Å². The number of rotatable bonds is 11. The molecular formula is C37H48ClN5O5. The number of amides is 3. The van der Waals surface area contributed by atoms with Crippen LogP contribution in [0.15, 0.2) is 48.7 Å². The third-order valence-electron chi connectivity index (χ3n) is 9.50. The largest absolute Gasteiger partial charge is 0.450 e. The van der Waals surface area contributed by atoms with Crippen molar-refractivity contribution in [3.05, 3.63) is 64.8 Å². The maximum absolute atomic E-state index is 14.5. The molecule has 3 aromatic rings. The lowest BCUT2D eigenvalue weighted by molar-refractivity contribution is -0.169. The summed E-state index contributed by atoms with van der Waals surface area (Å²) in [5, 5.41) is 4.79. The molecule has 3 amide bonds. The topological polar surface area (TPSA) is 115 Å². The van der Waals surface area contributed by atoms with E-state index in [1.165, 1.54) is 6.92 Å². The fourth-order valence-electron chi connectivity index (χ4n) is 7.28. The van der Waals surface area contributed by atoms with E-state index in [2.05, 4.69) is 15.2 Å². The summed E-state index contributed by atoms with van der Waals surface area (Å²) in [5.74, 6) is -0.509. The van der Waals surface area contributed by atoms with Crippen LogP contribution in [0.2, 0.25) is 5.02 Å². The van der Waals surface area contributed by atoms with Crippen molar-refractivity contribution in [2.75, 3.05) is 45.2 Å². The van der Waals surface area contributed by atoms with E-state index < -0.39 is 17.6 Å². The molecule has 0 unspecified atom stereocenters. The first-order valence-electron chi connectivity index (χ1n) is 16.9. The molecule has 2 aliphatic rings. The highest BCUT2D eigenvalue weighted by atomic mass is 35.5. The molecule has 2 atom stereocenters. The molecular weight excluding hydrogens is 630 g/mol. The highest BCUT2D eigenvalue weighted by molar-refractivity contribution is 6.30. The number of benzene rings is 2. The monoisotopic (exact) mass is 677 g/mol. The highest BCUT2D eigenvalue weighted by Gasteiger charge is 2.37. The van der Waals surface area contributed by atoms with Crippen molar-refractivity contribution in [1.82, 2.24) is 20.1 Å². The van der Waals surface area contributed by atoms with Crippen LogP contribution in [0.5, 0.6) is 0 Å². The number of nitrogens with zero attached hydrogens (tertiary/aromatic N) is 3. The van der Waals surface area contributed by atoms with E-state index in [9.17, 15) is 19.2 Å². The smallest absolute Gasteiger partial charge is 0.303 e. The summed E-state index contributed by atoms with van der Waals surface area (Å²) in [5.41, 5.74) is 2.62. The number of fused-ring (bicyclic) bond motifs is 2. The van der Waals surface area contributed by atoms with Crippen molar-refractivity contribution >= 4 is 51.9 Å². The third-order valence-corrected chi connectivity index (χ3v) is 9.73. The first-order valence-corrected chi connectivity index (χ1v) is 17.3. The third kappa shape index (κ3) is 8.57. The van der Waals surface area contributed by atoms with E-state index in [-0.39, 0.29) is 36.0 Å². The van der Waals surface area contributed by atoms with Crippen molar-refractivity contribution < 1.29 is 23.9 Å². The van der Waals surface area contributed by atoms with Crippen molar-refractivity contribution in [3.63, 3.8) is 0 Å². The summed E-state index contributed by atoms with van der Waals surface area (Å²) in [6, 6.07) is 12.9. The molecule has 1 fully saturated rings. The van der Waals surface area contributed by atoms with Crippen molar-refractivity contribution in [1.29, 1.82) is 0 Å². The van der Waals surface area contributed by atoms with E-state index >= 15 is 0 Å². The number of aromatic nitrogens is 1. The predicted octanol–water partition coefficient (Wildman–Crippen LogP) is 4.98. The Kier molecular flexibility index (Phi) is 11.2. The molecule has 3 heterocycles.